The number of alkyl halides is 3. The van der Waals surface area contributed by atoms with Crippen LogP contribution >= 0.6 is 0 Å². The highest BCUT2D eigenvalue weighted by Crippen LogP contribution is 2.15. The summed E-state index contributed by atoms with van der Waals surface area (Å²) in [6.07, 6.45) is -5.62. The minimum Gasteiger partial charge on any atom is -0.481 e. The molecule has 1 N–H and O–H groups in total. The second kappa shape index (κ2) is 5.70. The maximum Gasteiger partial charge on any atom is 0.405 e. The number of amides is 1. The van der Waals surface area contributed by atoms with Crippen LogP contribution in [0.25, 0.3) is 0 Å². The van der Waals surface area contributed by atoms with Crippen LogP contribution in [-0.2, 0) is 4.79 Å². The summed E-state index contributed by atoms with van der Waals surface area (Å²) in [6.45, 7) is -0.153. The molecule has 1 aromatic carbocycles. The van der Waals surface area contributed by atoms with E-state index in [0.717, 1.165) is 6.07 Å². The molecule has 0 fully saturated rings. The van der Waals surface area contributed by atoms with E-state index in [4.69, 9.17) is 4.74 Å². The lowest BCUT2D eigenvalue weighted by atomic mass is 10.3. The molecule has 1 aromatic rings. The van der Waals surface area contributed by atoms with Gasteiger partial charge >= 0.3 is 6.18 Å². The summed E-state index contributed by atoms with van der Waals surface area (Å²) in [5, 5.41) is 1.67. The Morgan fingerprint density at radius 2 is 2.11 bits per heavy atom. The number of rotatable bonds is 4. The van der Waals surface area contributed by atoms with Gasteiger partial charge in [0.05, 0.1) is 0 Å². The molecule has 1 atom stereocenters. The number of hydrogen-bond donors (Lipinski definition) is 1. The monoisotopic (exact) mass is 265 g/mol. The van der Waals surface area contributed by atoms with Crippen molar-refractivity contribution in [3.05, 3.63) is 30.1 Å². The Kier molecular flexibility index (Phi) is 4.52. The summed E-state index contributed by atoms with van der Waals surface area (Å²) in [6, 6.07) is 4.98. The van der Waals surface area contributed by atoms with Crippen molar-refractivity contribution in [2.45, 2.75) is 19.2 Å². The van der Waals surface area contributed by atoms with Gasteiger partial charge in [0.15, 0.2) is 6.10 Å². The van der Waals surface area contributed by atoms with Gasteiger partial charge in [-0.2, -0.15) is 13.2 Å². The van der Waals surface area contributed by atoms with Crippen LogP contribution < -0.4 is 10.1 Å². The van der Waals surface area contributed by atoms with Gasteiger partial charge in [0.25, 0.3) is 5.91 Å². The Labute approximate surface area is 101 Å². The molecule has 0 saturated carbocycles. The predicted octanol–water partition coefficient (Wildman–Crippen LogP) is 2.27. The Morgan fingerprint density at radius 1 is 1.44 bits per heavy atom. The van der Waals surface area contributed by atoms with E-state index in [0.29, 0.717) is 0 Å². The first-order valence-electron chi connectivity index (χ1n) is 5.04. The molecular weight excluding hydrogens is 254 g/mol. The number of carbonyl (C=O) groups excluding carboxylic acids is 1. The first kappa shape index (κ1) is 14.3. The standard InChI is InChI=1S/C11H11F4NO2/c1-7(10(17)16-6-11(13,14)15)18-9-4-2-3-8(12)5-9/h2-5,7H,6H2,1H3,(H,16,17)/t7-/m0/s1. The van der Waals surface area contributed by atoms with Crippen molar-refractivity contribution < 1.29 is 27.1 Å². The molecule has 1 rings (SSSR count). The van der Waals surface area contributed by atoms with Gasteiger partial charge in [0.2, 0.25) is 0 Å². The lowest BCUT2D eigenvalue weighted by Gasteiger charge is -2.15. The fourth-order valence-corrected chi connectivity index (χ4v) is 1.13. The molecule has 0 unspecified atom stereocenters. The number of nitrogens with one attached hydrogen (secondary N) is 1. The second-order valence-electron chi connectivity index (χ2n) is 3.55. The summed E-state index contributed by atoms with van der Waals surface area (Å²) in [7, 11) is 0. The SMILES string of the molecule is C[C@H](Oc1cccc(F)c1)C(=O)NCC(F)(F)F. The fraction of sp³-hybridized carbons (Fsp3) is 0.364. The summed E-state index contributed by atoms with van der Waals surface area (Å²) in [5.41, 5.74) is 0. The lowest BCUT2D eigenvalue weighted by Crippen LogP contribution is -2.41. The van der Waals surface area contributed by atoms with Gasteiger partial charge in [-0.1, -0.05) is 6.07 Å². The van der Waals surface area contributed by atoms with Crippen LogP contribution in [0.15, 0.2) is 24.3 Å². The topological polar surface area (TPSA) is 38.3 Å². The van der Waals surface area contributed by atoms with Crippen LogP contribution in [0.1, 0.15) is 6.92 Å². The largest absolute Gasteiger partial charge is 0.481 e. The van der Waals surface area contributed by atoms with Crippen molar-refractivity contribution in [2.24, 2.45) is 0 Å². The predicted molar refractivity (Wildman–Crippen MR) is 55.6 cm³/mol. The molecular formula is C11H11F4NO2. The molecule has 18 heavy (non-hydrogen) atoms. The lowest BCUT2D eigenvalue weighted by molar-refractivity contribution is -0.142. The van der Waals surface area contributed by atoms with Gasteiger partial charge in [-0.05, 0) is 19.1 Å². The minimum absolute atomic E-state index is 0.0738. The molecule has 0 aliphatic rings. The van der Waals surface area contributed by atoms with Crippen molar-refractivity contribution in [3.63, 3.8) is 0 Å². The molecule has 0 aliphatic heterocycles. The third-order valence-electron chi connectivity index (χ3n) is 1.94. The normalized spacial score (nSPS) is 12.9. The van der Waals surface area contributed by atoms with Gasteiger partial charge in [-0.3, -0.25) is 4.79 Å². The molecule has 0 aliphatic carbocycles. The zero-order valence-electron chi connectivity index (χ0n) is 9.42. The van der Waals surface area contributed by atoms with Crippen LogP contribution in [-0.4, -0.2) is 24.7 Å². The van der Waals surface area contributed by atoms with E-state index >= 15 is 0 Å². The van der Waals surface area contributed by atoms with E-state index < -0.39 is 30.5 Å². The van der Waals surface area contributed by atoms with E-state index in [2.05, 4.69) is 0 Å². The summed E-state index contributed by atoms with van der Waals surface area (Å²) >= 11 is 0. The first-order chi connectivity index (χ1) is 8.28. The van der Waals surface area contributed by atoms with Gasteiger partial charge in [-0.15, -0.1) is 0 Å². The Hall–Kier alpha value is -1.79. The molecule has 0 heterocycles. The molecule has 0 bridgehead atoms. The number of ether oxygens (including phenoxy) is 1. The number of carbonyl (C=O) groups is 1. The zero-order chi connectivity index (χ0) is 13.8. The van der Waals surface area contributed by atoms with E-state index in [9.17, 15) is 22.4 Å². The second-order valence-corrected chi connectivity index (χ2v) is 3.55. The summed E-state index contributed by atoms with van der Waals surface area (Å²) < 4.78 is 53.4. The van der Waals surface area contributed by atoms with Gasteiger partial charge in [-0.25, -0.2) is 4.39 Å². The molecule has 7 heteroatoms. The molecule has 1 amide bonds. The van der Waals surface area contributed by atoms with Crippen molar-refractivity contribution in [1.29, 1.82) is 0 Å². The first-order valence-corrected chi connectivity index (χ1v) is 5.04. The Balaban J connectivity index is 2.50. The summed E-state index contributed by atoms with van der Waals surface area (Å²) in [4.78, 5) is 11.2. The van der Waals surface area contributed by atoms with Crippen LogP contribution in [0.3, 0.4) is 0 Å². The highest BCUT2D eigenvalue weighted by Gasteiger charge is 2.29. The third-order valence-corrected chi connectivity index (χ3v) is 1.94. The summed E-state index contributed by atoms with van der Waals surface area (Å²) in [5.74, 6) is -1.41. The number of hydrogen-bond acceptors (Lipinski definition) is 2. The van der Waals surface area contributed by atoms with Crippen LogP contribution in [0.5, 0.6) is 5.75 Å². The van der Waals surface area contributed by atoms with Crippen LogP contribution in [0.2, 0.25) is 0 Å². The maximum absolute atomic E-state index is 12.8. The molecule has 0 spiro atoms. The highest BCUT2D eigenvalue weighted by atomic mass is 19.4. The zero-order valence-corrected chi connectivity index (χ0v) is 9.42. The average molecular weight is 265 g/mol. The van der Waals surface area contributed by atoms with Gasteiger partial charge < -0.3 is 10.1 Å². The van der Waals surface area contributed by atoms with Crippen molar-refractivity contribution in [2.75, 3.05) is 6.54 Å². The van der Waals surface area contributed by atoms with Crippen molar-refractivity contribution in [3.8, 4) is 5.75 Å². The van der Waals surface area contributed by atoms with Gasteiger partial charge in [0.1, 0.15) is 18.1 Å². The van der Waals surface area contributed by atoms with Crippen LogP contribution in [0.4, 0.5) is 17.6 Å². The molecule has 0 radical (unpaired) electrons. The minimum atomic E-state index is -4.48. The maximum atomic E-state index is 12.8. The van der Waals surface area contributed by atoms with E-state index in [1.807, 2.05) is 0 Å². The molecule has 3 nitrogen and oxygen atoms in total. The smallest absolute Gasteiger partial charge is 0.405 e. The van der Waals surface area contributed by atoms with Crippen molar-refractivity contribution in [1.82, 2.24) is 5.32 Å². The molecule has 100 valence electrons. The van der Waals surface area contributed by atoms with Gasteiger partial charge in [0, 0.05) is 6.07 Å². The molecule has 0 saturated heterocycles. The van der Waals surface area contributed by atoms with E-state index in [1.165, 1.54) is 25.1 Å². The van der Waals surface area contributed by atoms with E-state index in [-0.39, 0.29) is 5.75 Å². The quantitative estimate of drug-likeness (QED) is 0.848. The molecule has 0 aromatic heterocycles. The van der Waals surface area contributed by atoms with Crippen LogP contribution in [0, 0.1) is 5.82 Å². The Morgan fingerprint density at radius 3 is 2.67 bits per heavy atom. The number of halogens is 4. The van der Waals surface area contributed by atoms with Crippen molar-refractivity contribution >= 4 is 5.91 Å². The number of benzene rings is 1. The highest BCUT2D eigenvalue weighted by molar-refractivity contribution is 5.80. The fourth-order valence-electron chi connectivity index (χ4n) is 1.13. The average Bonchev–Trinajstić information content (AvgIpc) is 2.24. The van der Waals surface area contributed by atoms with E-state index in [1.54, 1.807) is 5.32 Å². The Bertz CT molecular complexity index is 420. The third kappa shape index (κ3) is 5.03.